The Balaban J connectivity index is 2.78. The highest BCUT2D eigenvalue weighted by molar-refractivity contribution is 6.32. The number of nitrogens with two attached hydrogens (primary N) is 1. The van der Waals surface area contributed by atoms with Gasteiger partial charge in [-0.15, -0.1) is 0 Å². The monoisotopic (exact) mass is 257 g/mol. The van der Waals surface area contributed by atoms with Gasteiger partial charge in [0.25, 0.3) is 0 Å². The zero-order valence-electron chi connectivity index (χ0n) is 9.90. The lowest BCUT2D eigenvalue weighted by Crippen LogP contribution is -2.34. The van der Waals surface area contributed by atoms with E-state index in [-0.39, 0.29) is 0 Å². The highest BCUT2D eigenvalue weighted by Crippen LogP contribution is 2.28. The first kappa shape index (κ1) is 13.8. The van der Waals surface area contributed by atoms with Crippen molar-refractivity contribution >= 4 is 17.6 Å². The lowest BCUT2D eigenvalue weighted by molar-refractivity contribution is -0.144. The molecule has 0 aliphatic carbocycles. The van der Waals surface area contributed by atoms with Crippen molar-refractivity contribution in [2.45, 2.75) is 19.4 Å². The van der Waals surface area contributed by atoms with Crippen molar-refractivity contribution in [1.29, 1.82) is 0 Å². The molecule has 0 spiro atoms. The molecule has 0 fully saturated rings. The second kappa shape index (κ2) is 6.47. The summed E-state index contributed by atoms with van der Waals surface area (Å²) in [7, 11) is 1.54. The maximum absolute atomic E-state index is 11.4. The first-order valence-corrected chi connectivity index (χ1v) is 5.71. The van der Waals surface area contributed by atoms with Gasteiger partial charge in [0, 0.05) is 0 Å². The Morgan fingerprint density at radius 1 is 1.53 bits per heavy atom. The number of hydrogen-bond donors (Lipinski definition) is 1. The third-order valence-corrected chi connectivity index (χ3v) is 2.72. The fourth-order valence-electron chi connectivity index (χ4n) is 1.44. The van der Waals surface area contributed by atoms with Crippen LogP contribution in [0.1, 0.15) is 12.5 Å². The van der Waals surface area contributed by atoms with Crippen molar-refractivity contribution in [2.75, 3.05) is 13.7 Å². The zero-order chi connectivity index (χ0) is 12.8. The van der Waals surface area contributed by atoms with Gasteiger partial charge in [0.05, 0.1) is 18.7 Å². The molecular formula is C12H16ClNO3. The molecular weight excluding hydrogens is 242 g/mol. The number of carbonyl (C=O) groups excluding carboxylic acids is 1. The predicted molar refractivity (Wildman–Crippen MR) is 66.3 cm³/mol. The van der Waals surface area contributed by atoms with Gasteiger partial charge in [0.15, 0.2) is 0 Å². The fraction of sp³-hybridized carbons (Fsp3) is 0.417. The Labute approximate surface area is 106 Å². The summed E-state index contributed by atoms with van der Waals surface area (Å²) in [5.41, 5.74) is 6.49. The molecule has 17 heavy (non-hydrogen) atoms. The minimum atomic E-state index is -0.709. The van der Waals surface area contributed by atoms with Gasteiger partial charge in [-0.05, 0) is 25.0 Å². The summed E-state index contributed by atoms with van der Waals surface area (Å²) in [6.45, 7) is 2.06. The average molecular weight is 258 g/mol. The number of hydrogen-bond acceptors (Lipinski definition) is 4. The van der Waals surface area contributed by atoms with E-state index >= 15 is 0 Å². The molecule has 0 aliphatic rings. The molecule has 0 heterocycles. The van der Waals surface area contributed by atoms with Gasteiger partial charge in [-0.25, -0.2) is 0 Å². The van der Waals surface area contributed by atoms with Crippen molar-refractivity contribution < 1.29 is 14.3 Å². The molecule has 5 heteroatoms. The zero-order valence-corrected chi connectivity index (χ0v) is 10.7. The standard InChI is InChI=1S/C12H16ClNO3/c1-3-17-12(15)9(14)7-8-5-4-6-10(16-2)11(8)13/h4-6,9H,3,7,14H2,1-2H3. The summed E-state index contributed by atoms with van der Waals surface area (Å²) in [6.07, 6.45) is 0.328. The maximum atomic E-state index is 11.4. The summed E-state index contributed by atoms with van der Waals surface area (Å²) >= 11 is 6.10. The first-order chi connectivity index (χ1) is 8.10. The van der Waals surface area contributed by atoms with Gasteiger partial charge in [-0.2, -0.15) is 0 Å². The average Bonchev–Trinajstić information content (AvgIpc) is 2.32. The van der Waals surface area contributed by atoms with Crippen molar-refractivity contribution in [2.24, 2.45) is 5.73 Å². The highest BCUT2D eigenvalue weighted by Gasteiger charge is 2.17. The number of carbonyl (C=O) groups is 1. The van der Waals surface area contributed by atoms with Crippen molar-refractivity contribution in [1.82, 2.24) is 0 Å². The Bertz CT molecular complexity index is 395. The maximum Gasteiger partial charge on any atom is 0.323 e. The van der Waals surface area contributed by atoms with Crippen molar-refractivity contribution in [3.8, 4) is 5.75 Å². The van der Waals surface area contributed by atoms with Crippen molar-refractivity contribution in [3.05, 3.63) is 28.8 Å². The molecule has 0 saturated heterocycles. The van der Waals surface area contributed by atoms with Crippen molar-refractivity contribution in [3.63, 3.8) is 0 Å². The van der Waals surface area contributed by atoms with E-state index in [1.54, 1.807) is 19.1 Å². The summed E-state index contributed by atoms with van der Waals surface area (Å²) in [6, 6.07) is 4.66. The van der Waals surface area contributed by atoms with Crippen LogP contribution in [0, 0.1) is 0 Å². The van der Waals surface area contributed by atoms with E-state index in [0.717, 1.165) is 5.56 Å². The molecule has 0 radical (unpaired) electrons. The second-order valence-electron chi connectivity index (χ2n) is 3.50. The van der Waals surface area contributed by atoms with E-state index in [1.807, 2.05) is 6.07 Å². The summed E-state index contributed by atoms with van der Waals surface area (Å²) in [5, 5.41) is 0.481. The molecule has 0 amide bonds. The second-order valence-corrected chi connectivity index (χ2v) is 3.87. The van der Waals surface area contributed by atoms with Crippen LogP contribution in [0.5, 0.6) is 5.75 Å². The fourth-order valence-corrected chi connectivity index (χ4v) is 1.72. The van der Waals surface area contributed by atoms with Crippen LogP contribution in [0.3, 0.4) is 0 Å². The number of rotatable bonds is 5. The van der Waals surface area contributed by atoms with Crippen LogP contribution in [0.4, 0.5) is 0 Å². The Morgan fingerprint density at radius 2 is 2.24 bits per heavy atom. The Hall–Kier alpha value is -1.26. The lowest BCUT2D eigenvalue weighted by Gasteiger charge is -2.13. The van der Waals surface area contributed by atoms with Crippen LogP contribution >= 0.6 is 11.6 Å². The van der Waals surface area contributed by atoms with Crippen LogP contribution in [-0.2, 0) is 16.0 Å². The van der Waals surface area contributed by atoms with E-state index in [9.17, 15) is 4.79 Å². The van der Waals surface area contributed by atoms with E-state index in [4.69, 9.17) is 26.8 Å². The van der Waals surface area contributed by atoms with Gasteiger partial charge >= 0.3 is 5.97 Å². The van der Waals surface area contributed by atoms with Crippen LogP contribution < -0.4 is 10.5 Å². The molecule has 0 saturated carbocycles. The SMILES string of the molecule is CCOC(=O)C(N)Cc1cccc(OC)c1Cl. The largest absolute Gasteiger partial charge is 0.495 e. The highest BCUT2D eigenvalue weighted by atomic mass is 35.5. The summed E-state index contributed by atoms with van der Waals surface area (Å²) in [5.74, 6) is 0.145. The number of benzene rings is 1. The molecule has 1 rings (SSSR count). The molecule has 1 aromatic rings. The molecule has 4 nitrogen and oxygen atoms in total. The Kier molecular flexibility index (Phi) is 5.25. The van der Waals surface area contributed by atoms with Gasteiger partial charge in [0.2, 0.25) is 0 Å². The van der Waals surface area contributed by atoms with Gasteiger partial charge in [-0.3, -0.25) is 4.79 Å². The molecule has 0 aromatic heterocycles. The van der Waals surface area contributed by atoms with E-state index in [0.29, 0.717) is 23.8 Å². The number of ether oxygens (including phenoxy) is 2. The van der Waals surface area contributed by atoms with E-state index in [2.05, 4.69) is 0 Å². The van der Waals surface area contributed by atoms with E-state index < -0.39 is 12.0 Å². The number of halogens is 1. The summed E-state index contributed by atoms with van der Waals surface area (Å²) in [4.78, 5) is 11.4. The third kappa shape index (κ3) is 3.61. The number of methoxy groups -OCH3 is 1. The molecule has 0 bridgehead atoms. The molecule has 2 N–H and O–H groups in total. The molecule has 1 aromatic carbocycles. The van der Waals surface area contributed by atoms with Gasteiger partial charge < -0.3 is 15.2 Å². The lowest BCUT2D eigenvalue weighted by atomic mass is 10.1. The van der Waals surface area contributed by atoms with Crippen LogP contribution in [0.15, 0.2) is 18.2 Å². The minimum absolute atomic E-state index is 0.318. The quantitative estimate of drug-likeness (QED) is 0.817. The van der Waals surface area contributed by atoms with Crippen LogP contribution in [0.2, 0.25) is 5.02 Å². The summed E-state index contributed by atoms with van der Waals surface area (Å²) < 4.78 is 9.92. The topological polar surface area (TPSA) is 61.5 Å². The minimum Gasteiger partial charge on any atom is -0.495 e. The molecule has 1 atom stereocenters. The molecule has 1 unspecified atom stereocenters. The number of esters is 1. The predicted octanol–water partition coefficient (Wildman–Crippen LogP) is 1.78. The first-order valence-electron chi connectivity index (χ1n) is 5.33. The van der Waals surface area contributed by atoms with Gasteiger partial charge in [-0.1, -0.05) is 23.7 Å². The third-order valence-electron chi connectivity index (χ3n) is 2.29. The normalized spacial score (nSPS) is 12.0. The smallest absolute Gasteiger partial charge is 0.323 e. The van der Waals surface area contributed by atoms with E-state index in [1.165, 1.54) is 7.11 Å². The van der Waals surface area contributed by atoms with Crippen LogP contribution in [-0.4, -0.2) is 25.7 Å². The Morgan fingerprint density at radius 3 is 2.82 bits per heavy atom. The molecule has 94 valence electrons. The molecule has 0 aliphatic heterocycles. The van der Waals surface area contributed by atoms with Crippen LogP contribution in [0.25, 0.3) is 0 Å². The van der Waals surface area contributed by atoms with Gasteiger partial charge in [0.1, 0.15) is 11.8 Å².